The minimum atomic E-state index is -1.13. The first-order chi connectivity index (χ1) is 20.3. The minimum absolute atomic E-state index is 0. The lowest BCUT2D eigenvalue weighted by Crippen LogP contribution is -2.55. The Hall–Kier alpha value is -0.730. The van der Waals surface area contributed by atoms with E-state index in [0.29, 0.717) is 34.2 Å². The summed E-state index contributed by atoms with van der Waals surface area (Å²) in [5.74, 6) is 2.50. The smallest absolute Gasteiger partial charge is 0.303 e. The fourth-order valence-electron chi connectivity index (χ4n) is 12.6. The molecular formula is C36H62O7. The van der Waals surface area contributed by atoms with Crippen molar-refractivity contribution in [2.45, 2.75) is 161 Å². The number of rotatable bonds is 5. The third-order valence-electron chi connectivity index (χ3n) is 14.3. The molecule has 2 heterocycles. The summed E-state index contributed by atoms with van der Waals surface area (Å²) < 4.78 is 25.3. The van der Waals surface area contributed by atoms with Crippen LogP contribution in [-0.2, 0) is 23.7 Å². The molecular weight excluding hydrogens is 544 g/mol. The molecule has 0 aromatic rings. The van der Waals surface area contributed by atoms with Crippen LogP contribution < -0.4 is 0 Å². The maximum Gasteiger partial charge on any atom is 0.303 e. The Morgan fingerprint density at radius 2 is 1.67 bits per heavy atom. The van der Waals surface area contributed by atoms with Crippen molar-refractivity contribution in [2.75, 3.05) is 13.7 Å². The molecule has 2 spiro atoms. The third kappa shape index (κ3) is 4.96. The minimum Gasteiger partial charge on any atom is -0.457 e. The van der Waals surface area contributed by atoms with E-state index in [1.807, 2.05) is 0 Å². The van der Waals surface area contributed by atoms with Crippen LogP contribution in [0.4, 0.5) is 0 Å². The van der Waals surface area contributed by atoms with E-state index in [2.05, 4.69) is 20.8 Å². The van der Waals surface area contributed by atoms with Gasteiger partial charge in [0.05, 0.1) is 23.9 Å². The molecule has 7 heteroatoms. The number of esters is 1. The molecule has 7 nitrogen and oxygen atoms in total. The first kappa shape index (κ1) is 32.2. The molecule has 248 valence electrons. The Morgan fingerprint density at radius 1 is 0.930 bits per heavy atom. The van der Waals surface area contributed by atoms with Crippen LogP contribution in [0, 0.1) is 45.3 Å². The molecule has 12 atom stereocenters. The molecule has 5 saturated carbocycles. The van der Waals surface area contributed by atoms with Crippen molar-refractivity contribution in [1.82, 2.24) is 0 Å². The van der Waals surface area contributed by atoms with Crippen LogP contribution in [0.15, 0.2) is 0 Å². The normalized spacial score (nSPS) is 48.6. The Morgan fingerprint density at radius 3 is 2.35 bits per heavy atom. The van der Waals surface area contributed by atoms with E-state index < -0.39 is 11.7 Å². The zero-order valence-corrected chi connectivity index (χ0v) is 28.0. The fourth-order valence-corrected chi connectivity index (χ4v) is 12.6. The van der Waals surface area contributed by atoms with E-state index in [-0.39, 0.29) is 31.3 Å². The van der Waals surface area contributed by atoms with Crippen LogP contribution in [0.3, 0.4) is 0 Å². The molecule has 7 fully saturated rings. The van der Waals surface area contributed by atoms with Crippen molar-refractivity contribution in [3.05, 3.63) is 0 Å². The molecule has 0 radical (unpaired) electrons. The van der Waals surface area contributed by atoms with Crippen molar-refractivity contribution < 1.29 is 35.4 Å². The fraction of sp³-hybridized carbons (Fsp3) is 0.972. The largest absolute Gasteiger partial charge is 0.457 e. The van der Waals surface area contributed by atoms with Gasteiger partial charge in [0, 0.05) is 22.1 Å². The summed E-state index contributed by atoms with van der Waals surface area (Å²) in [6, 6.07) is 0. The number of fused-ring (bicyclic) bond motifs is 4. The van der Waals surface area contributed by atoms with Gasteiger partial charge in [0.15, 0.2) is 12.4 Å². The highest BCUT2D eigenvalue weighted by Crippen LogP contribution is 2.87. The lowest BCUT2D eigenvalue weighted by atomic mass is 9.46. The van der Waals surface area contributed by atoms with E-state index in [1.165, 1.54) is 64.7 Å². The van der Waals surface area contributed by atoms with Gasteiger partial charge in [-0.15, -0.1) is 0 Å². The zero-order valence-electron chi connectivity index (χ0n) is 28.0. The zero-order chi connectivity index (χ0) is 31.0. The molecule has 0 amide bonds. The molecule has 5 aliphatic carbocycles. The van der Waals surface area contributed by atoms with Crippen LogP contribution in [0.2, 0.25) is 0 Å². The third-order valence-corrected chi connectivity index (χ3v) is 14.3. The molecule has 7 aliphatic rings. The topological polar surface area (TPSA) is 94.5 Å². The maximum absolute atomic E-state index is 11.9. The van der Waals surface area contributed by atoms with Gasteiger partial charge in [-0.25, -0.2) is 0 Å². The highest BCUT2D eigenvalue weighted by atomic mass is 16.7. The molecule has 43 heavy (non-hydrogen) atoms. The van der Waals surface area contributed by atoms with Crippen molar-refractivity contribution in [3.8, 4) is 0 Å². The van der Waals surface area contributed by atoms with E-state index in [4.69, 9.17) is 24.1 Å². The molecule has 8 unspecified atom stereocenters. The molecule has 0 bridgehead atoms. The summed E-state index contributed by atoms with van der Waals surface area (Å²) in [5.41, 5.74) is 0.426. The van der Waals surface area contributed by atoms with Crippen LogP contribution in [0.1, 0.15) is 126 Å². The number of aliphatic hydroxyl groups excluding tert-OH is 1. The lowest BCUT2D eigenvalue weighted by Gasteiger charge is -2.60. The van der Waals surface area contributed by atoms with Crippen LogP contribution >= 0.6 is 0 Å². The SMILES string of the molecule is CC(=O)O[C@@H](C1CCC2C(CC3C4CCC5C(C)(C)[C@@H](OC6CCCCO6)CC[C@@]56CC46CC[C@]23C)O1)C(C)(C)O.CO.[HH]. The average Bonchev–Trinajstić information content (AvgIpc) is 3.54. The Labute approximate surface area is 261 Å². The second-order valence-corrected chi connectivity index (χ2v) is 16.9. The van der Waals surface area contributed by atoms with Gasteiger partial charge in [-0.3, -0.25) is 4.79 Å². The number of carbonyl (C=O) groups excluding carboxylic acids is 1. The highest BCUT2D eigenvalue weighted by molar-refractivity contribution is 5.66. The second kappa shape index (κ2) is 11.2. The van der Waals surface area contributed by atoms with Crippen LogP contribution in [0.5, 0.6) is 0 Å². The number of aliphatic hydroxyl groups is 2. The highest BCUT2D eigenvalue weighted by Gasteiger charge is 2.80. The van der Waals surface area contributed by atoms with E-state index in [0.717, 1.165) is 51.2 Å². The van der Waals surface area contributed by atoms with E-state index >= 15 is 0 Å². The monoisotopic (exact) mass is 606 g/mol. The molecule has 2 saturated heterocycles. The van der Waals surface area contributed by atoms with Gasteiger partial charge in [-0.05, 0) is 143 Å². The van der Waals surface area contributed by atoms with Gasteiger partial charge in [0.1, 0.15) is 0 Å². The van der Waals surface area contributed by atoms with Crippen molar-refractivity contribution in [3.63, 3.8) is 0 Å². The molecule has 0 aromatic carbocycles. The van der Waals surface area contributed by atoms with Gasteiger partial charge < -0.3 is 29.2 Å². The van der Waals surface area contributed by atoms with Gasteiger partial charge in [0.25, 0.3) is 0 Å². The number of hydrogen-bond donors (Lipinski definition) is 2. The Balaban J connectivity index is 0.00000126. The predicted molar refractivity (Wildman–Crippen MR) is 166 cm³/mol. The van der Waals surface area contributed by atoms with Gasteiger partial charge in [0.2, 0.25) is 0 Å². The average molecular weight is 607 g/mol. The first-order valence-corrected chi connectivity index (χ1v) is 17.6. The Kier molecular flexibility index (Phi) is 8.40. The summed E-state index contributed by atoms with van der Waals surface area (Å²) >= 11 is 0. The Bertz CT molecular complexity index is 1040. The van der Waals surface area contributed by atoms with Gasteiger partial charge >= 0.3 is 5.97 Å². The van der Waals surface area contributed by atoms with Crippen LogP contribution in [-0.4, -0.2) is 66.2 Å². The van der Waals surface area contributed by atoms with Gasteiger partial charge in [-0.2, -0.15) is 0 Å². The van der Waals surface area contributed by atoms with Crippen molar-refractivity contribution >= 4 is 5.97 Å². The van der Waals surface area contributed by atoms with Crippen molar-refractivity contribution in [2.24, 2.45) is 45.3 Å². The summed E-state index contributed by atoms with van der Waals surface area (Å²) in [6.45, 7) is 13.4. The molecule has 2 aliphatic heterocycles. The van der Waals surface area contributed by atoms with Crippen LogP contribution in [0.25, 0.3) is 0 Å². The maximum atomic E-state index is 11.9. The molecule has 7 rings (SSSR count). The first-order valence-electron chi connectivity index (χ1n) is 17.6. The lowest BCUT2D eigenvalue weighted by molar-refractivity contribution is -0.237. The summed E-state index contributed by atoms with van der Waals surface area (Å²) in [4.78, 5) is 11.9. The summed E-state index contributed by atoms with van der Waals surface area (Å²) in [6.07, 6.45) is 15.6. The van der Waals surface area contributed by atoms with E-state index in [1.54, 1.807) is 13.8 Å². The summed E-state index contributed by atoms with van der Waals surface area (Å²) in [7, 11) is 1.00. The number of hydrogen-bond acceptors (Lipinski definition) is 7. The molecule has 0 aromatic heterocycles. The van der Waals surface area contributed by atoms with Crippen molar-refractivity contribution in [1.29, 1.82) is 0 Å². The standard InChI is InChI=1S/C35H56O6.CH4O.H2/c1-21(36)39-30(32(4,5)37)25-12-10-23-26(40-25)19-24-22-11-13-27-31(2,3)28(41-29-9-7-8-18-38-29)14-15-35(27)20-34(22,35)17-16-33(23,24)6;1-2;/h22-30,37H,7-20H2,1-6H3;2H,1H3;1H/t22?,23?,24?,25?,26?,27?,28-,29?,30-,33+,34?,35+;;/m0../s1. The second-order valence-electron chi connectivity index (χ2n) is 16.9. The molecule has 2 N–H and O–H groups in total. The number of carbonyl (C=O) groups is 1. The predicted octanol–water partition coefficient (Wildman–Crippen LogP) is 6.66. The summed E-state index contributed by atoms with van der Waals surface area (Å²) in [5, 5.41) is 17.9. The number of ether oxygens (including phenoxy) is 4. The van der Waals surface area contributed by atoms with Gasteiger partial charge in [-0.1, -0.05) is 20.8 Å². The van der Waals surface area contributed by atoms with E-state index in [9.17, 15) is 9.90 Å². The quantitative estimate of drug-likeness (QED) is 0.267.